The number of nitrogens with zero attached hydrogens (tertiary/aromatic N) is 1. The lowest BCUT2D eigenvalue weighted by molar-refractivity contribution is -0.138. The molecule has 1 fully saturated rings. The minimum absolute atomic E-state index is 0.00316. The van der Waals surface area contributed by atoms with E-state index in [-0.39, 0.29) is 18.9 Å². The zero-order valence-electron chi connectivity index (χ0n) is 10.4. The third-order valence-electron chi connectivity index (χ3n) is 3.03. The number of hydrogen-bond acceptors (Lipinski definition) is 3. The number of halogens is 1. The van der Waals surface area contributed by atoms with Gasteiger partial charge in [0.15, 0.2) is 0 Å². The van der Waals surface area contributed by atoms with Crippen molar-refractivity contribution in [2.45, 2.75) is 13.3 Å². The normalized spacial score (nSPS) is 19.2. The highest BCUT2D eigenvalue weighted by atomic mass is 79.9. The second-order valence-electron chi connectivity index (χ2n) is 4.58. The van der Waals surface area contributed by atoms with Gasteiger partial charge in [0.05, 0.1) is 13.0 Å². The Balaban J connectivity index is 2.18. The second kappa shape index (κ2) is 5.61. The van der Waals surface area contributed by atoms with Crippen molar-refractivity contribution in [2.75, 3.05) is 18.1 Å². The van der Waals surface area contributed by atoms with Crippen molar-refractivity contribution in [1.82, 2.24) is 0 Å². The van der Waals surface area contributed by atoms with Crippen LogP contribution < -0.4 is 4.90 Å². The molecule has 19 heavy (non-hydrogen) atoms. The molecule has 5 nitrogen and oxygen atoms in total. The summed E-state index contributed by atoms with van der Waals surface area (Å²) in [5.41, 5.74) is 1.77. The fourth-order valence-corrected chi connectivity index (χ4v) is 2.35. The smallest absolute Gasteiger partial charge is 0.414 e. The quantitative estimate of drug-likeness (QED) is 0.926. The Bertz CT molecular complexity index is 517. The zero-order valence-corrected chi connectivity index (χ0v) is 12.0. The number of carboxylic acids is 1. The van der Waals surface area contributed by atoms with E-state index in [1.807, 2.05) is 25.1 Å². The molecule has 2 rings (SSSR count). The molecule has 0 spiro atoms. The van der Waals surface area contributed by atoms with Crippen LogP contribution in [0.5, 0.6) is 0 Å². The van der Waals surface area contributed by atoms with Gasteiger partial charge >= 0.3 is 12.1 Å². The summed E-state index contributed by atoms with van der Waals surface area (Å²) in [6.07, 6.45) is -0.436. The van der Waals surface area contributed by atoms with E-state index in [4.69, 9.17) is 9.84 Å². The number of benzene rings is 1. The summed E-state index contributed by atoms with van der Waals surface area (Å²) in [5, 5.41) is 8.80. The van der Waals surface area contributed by atoms with Crippen molar-refractivity contribution in [2.24, 2.45) is 5.92 Å². The molecule has 1 heterocycles. The molecule has 1 aromatic carbocycles. The summed E-state index contributed by atoms with van der Waals surface area (Å²) in [6, 6.07) is 5.55. The molecule has 0 aliphatic carbocycles. The summed E-state index contributed by atoms with van der Waals surface area (Å²) in [5.74, 6) is -1.07. The first kappa shape index (κ1) is 13.9. The van der Waals surface area contributed by atoms with Crippen LogP contribution in [0.2, 0.25) is 0 Å². The average Bonchev–Trinajstić information content (AvgIpc) is 2.34. The number of anilines is 1. The Morgan fingerprint density at radius 3 is 2.95 bits per heavy atom. The van der Waals surface area contributed by atoms with Crippen LogP contribution in [-0.4, -0.2) is 30.3 Å². The van der Waals surface area contributed by atoms with Gasteiger partial charge in [0.25, 0.3) is 0 Å². The maximum Gasteiger partial charge on any atom is 0.414 e. The Morgan fingerprint density at radius 1 is 1.58 bits per heavy atom. The van der Waals surface area contributed by atoms with Gasteiger partial charge in [0.1, 0.15) is 0 Å². The molecule has 0 radical (unpaired) electrons. The Morgan fingerprint density at radius 2 is 2.32 bits per heavy atom. The third kappa shape index (κ3) is 3.26. The number of amides is 1. The van der Waals surface area contributed by atoms with Crippen LogP contribution >= 0.6 is 15.9 Å². The van der Waals surface area contributed by atoms with E-state index in [0.717, 1.165) is 10.0 Å². The molecule has 1 atom stereocenters. The van der Waals surface area contributed by atoms with Gasteiger partial charge in [-0.05, 0) is 24.6 Å². The minimum atomic E-state index is -0.881. The van der Waals surface area contributed by atoms with Gasteiger partial charge < -0.3 is 9.84 Å². The van der Waals surface area contributed by atoms with Crippen LogP contribution in [0.4, 0.5) is 10.5 Å². The van der Waals surface area contributed by atoms with Crippen LogP contribution in [0.1, 0.15) is 12.0 Å². The first-order chi connectivity index (χ1) is 8.97. The predicted octanol–water partition coefficient (Wildman–Crippen LogP) is 2.81. The molecule has 0 saturated carbocycles. The highest BCUT2D eigenvalue weighted by Crippen LogP contribution is 2.27. The van der Waals surface area contributed by atoms with E-state index in [0.29, 0.717) is 12.2 Å². The fourth-order valence-electron chi connectivity index (χ4n) is 1.98. The lowest BCUT2D eigenvalue weighted by Gasteiger charge is -2.31. The molecule has 1 aliphatic heterocycles. The second-order valence-corrected chi connectivity index (χ2v) is 5.44. The summed E-state index contributed by atoms with van der Waals surface area (Å²) in [6.45, 7) is 2.48. The predicted molar refractivity (Wildman–Crippen MR) is 73.3 cm³/mol. The minimum Gasteiger partial charge on any atom is -0.481 e. The van der Waals surface area contributed by atoms with E-state index < -0.39 is 12.1 Å². The average molecular weight is 328 g/mol. The molecule has 1 saturated heterocycles. The first-order valence-electron chi connectivity index (χ1n) is 5.89. The van der Waals surface area contributed by atoms with Crippen molar-refractivity contribution in [3.63, 3.8) is 0 Å². The first-order valence-corrected chi connectivity index (χ1v) is 6.69. The van der Waals surface area contributed by atoms with E-state index in [2.05, 4.69) is 15.9 Å². The largest absolute Gasteiger partial charge is 0.481 e. The lowest BCUT2D eigenvalue weighted by Crippen LogP contribution is -2.43. The fraction of sp³-hybridized carbons (Fsp3) is 0.385. The summed E-state index contributed by atoms with van der Waals surface area (Å²) < 4.78 is 5.94. The van der Waals surface area contributed by atoms with E-state index in [9.17, 15) is 9.59 Å². The molecule has 1 amide bonds. The Labute approximate surface area is 119 Å². The highest BCUT2D eigenvalue weighted by Gasteiger charge is 2.29. The van der Waals surface area contributed by atoms with Crippen LogP contribution in [0.15, 0.2) is 22.7 Å². The molecule has 1 aromatic rings. The molecular formula is C13H14BrNO4. The summed E-state index contributed by atoms with van der Waals surface area (Å²) in [4.78, 5) is 24.0. The molecule has 6 heteroatoms. The number of carbonyl (C=O) groups excluding carboxylic acids is 1. The molecule has 0 bridgehead atoms. The molecule has 1 unspecified atom stereocenters. The number of carboxylic acid groups (broad SMARTS) is 1. The molecule has 1 N–H and O–H groups in total. The van der Waals surface area contributed by atoms with Crippen molar-refractivity contribution in [3.8, 4) is 0 Å². The lowest BCUT2D eigenvalue weighted by atomic mass is 10.0. The van der Waals surface area contributed by atoms with E-state index in [1.165, 1.54) is 4.90 Å². The SMILES string of the molecule is Cc1ccc(N2CC(CC(=O)O)COC2=O)cc1Br. The van der Waals surface area contributed by atoms with Crippen molar-refractivity contribution < 1.29 is 19.4 Å². The van der Waals surface area contributed by atoms with Crippen LogP contribution in [-0.2, 0) is 9.53 Å². The molecule has 0 aromatic heterocycles. The van der Waals surface area contributed by atoms with Gasteiger partial charge in [0.2, 0.25) is 0 Å². The van der Waals surface area contributed by atoms with Crippen molar-refractivity contribution in [3.05, 3.63) is 28.2 Å². The number of aliphatic carboxylic acids is 1. The number of cyclic esters (lactones) is 1. The van der Waals surface area contributed by atoms with Gasteiger partial charge in [-0.2, -0.15) is 0 Å². The van der Waals surface area contributed by atoms with Gasteiger partial charge in [-0.25, -0.2) is 4.79 Å². The van der Waals surface area contributed by atoms with Gasteiger partial charge in [-0.1, -0.05) is 22.0 Å². The van der Waals surface area contributed by atoms with Crippen LogP contribution in [0, 0.1) is 12.8 Å². The molecular weight excluding hydrogens is 314 g/mol. The topological polar surface area (TPSA) is 66.8 Å². The standard InChI is InChI=1S/C13H14BrNO4/c1-8-2-3-10(5-11(8)14)15-6-9(4-12(16)17)7-19-13(15)18/h2-3,5,9H,4,6-7H2,1H3,(H,16,17). The summed E-state index contributed by atoms with van der Waals surface area (Å²) >= 11 is 3.42. The Kier molecular flexibility index (Phi) is 4.09. The number of ether oxygens (including phenoxy) is 1. The van der Waals surface area contributed by atoms with Gasteiger partial charge in [-0.15, -0.1) is 0 Å². The monoisotopic (exact) mass is 327 g/mol. The number of carbonyl (C=O) groups is 2. The number of aryl methyl sites for hydroxylation is 1. The number of rotatable bonds is 3. The van der Waals surface area contributed by atoms with Gasteiger partial charge in [-0.3, -0.25) is 9.69 Å². The Hall–Kier alpha value is -1.56. The van der Waals surface area contributed by atoms with Crippen LogP contribution in [0.25, 0.3) is 0 Å². The highest BCUT2D eigenvalue weighted by molar-refractivity contribution is 9.10. The van der Waals surface area contributed by atoms with Gasteiger partial charge in [0, 0.05) is 22.6 Å². The molecule has 1 aliphatic rings. The molecule has 102 valence electrons. The summed E-state index contributed by atoms with van der Waals surface area (Å²) in [7, 11) is 0. The number of hydrogen-bond donors (Lipinski definition) is 1. The van der Waals surface area contributed by atoms with Crippen molar-refractivity contribution >= 4 is 33.7 Å². The maximum absolute atomic E-state index is 11.8. The van der Waals surface area contributed by atoms with Crippen LogP contribution in [0.3, 0.4) is 0 Å². The maximum atomic E-state index is 11.8. The third-order valence-corrected chi connectivity index (χ3v) is 3.89. The van der Waals surface area contributed by atoms with E-state index in [1.54, 1.807) is 0 Å². The van der Waals surface area contributed by atoms with Crippen molar-refractivity contribution in [1.29, 1.82) is 0 Å². The zero-order chi connectivity index (χ0) is 14.0. The van der Waals surface area contributed by atoms with E-state index >= 15 is 0 Å².